The van der Waals surface area contributed by atoms with E-state index < -0.39 is 11.9 Å². The minimum Gasteiger partial charge on any atom is -0.481 e. The van der Waals surface area contributed by atoms with Crippen LogP contribution in [0.1, 0.15) is 27.2 Å². The molecule has 0 aromatic rings. The molecule has 1 heterocycles. The van der Waals surface area contributed by atoms with Crippen LogP contribution in [-0.2, 0) is 14.4 Å². The van der Waals surface area contributed by atoms with Gasteiger partial charge >= 0.3 is 5.97 Å². The second-order valence-electron chi connectivity index (χ2n) is 5.21. The van der Waals surface area contributed by atoms with Crippen molar-refractivity contribution in [3.8, 4) is 0 Å². The highest BCUT2D eigenvalue weighted by molar-refractivity contribution is 5.80. The Morgan fingerprint density at radius 2 is 1.47 bits per heavy atom. The van der Waals surface area contributed by atoms with Crippen molar-refractivity contribution in [2.75, 3.05) is 26.2 Å². The van der Waals surface area contributed by atoms with Crippen molar-refractivity contribution in [3.05, 3.63) is 0 Å². The summed E-state index contributed by atoms with van der Waals surface area (Å²) in [5, 5.41) is 8.85. The molecule has 1 saturated heterocycles. The molecule has 0 spiro atoms. The molecule has 1 aliphatic rings. The van der Waals surface area contributed by atoms with Crippen molar-refractivity contribution in [3.63, 3.8) is 0 Å². The predicted molar refractivity (Wildman–Crippen MR) is 69.4 cm³/mol. The number of hydrogen-bond acceptors (Lipinski definition) is 3. The summed E-state index contributed by atoms with van der Waals surface area (Å²) < 4.78 is 0. The zero-order valence-corrected chi connectivity index (χ0v) is 11.8. The molecule has 19 heavy (non-hydrogen) atoms. The van der Waals surface area contributed by atoms with Crippen molar-refractivity contribution in [2.45, 2.75) is 27.2 Å². The molecule has 1 N–H and O–H groups in total. The monoisotopic (exact) mass is 270 g/mol. The third-order valence-corrected chi connectivity index (χ3v) is 3.59. The molecule has 6 nitrogen and oxygen atoms in total. The fraction of sp³-hybridized carbons (Fsp3) is 0.769. The van der Waals surface area contributed by atoms with Crippen LogP contribution in [0, 0.1) is 11.8 Å². The van der Waals surface area contributed by atoms with Gasteiger partial charge in [-0.1, -0.05) is 13.8 Å². The van der Waals surface area contributed by atoms with E-state index in [2.05, 4.69) is 0 Å². The maximum Gasteiger partial charge on any atom is 0.306 e. The van der Waals surface area contributed by atoms with Gasteiger partial charge in [-0.25, -0.2) is 0 Å². The standard InChI is InChI=1S/C13H22N2O4/c1-9(8-10(2)13(18)19)12(17)15-6-4-14(5-7-15)11(3)16/h9-10H,4-8H2,1-3H3,(H,18,19). The molecule has 2 amide bonds. The third-order valence-electron chi connectivity index (χ3n) is 3.59. The van der Waals surface area contributed by atoms with Crippen molar-refractivity contribution in [1.82, 2.24) is 9.80 Å². The number of nitrogens with zero attached hydrogens (tertiary/aromatic N) is 2. The summed E-state index contributed by atoms with van der Waals surface area (Å²) in [5.41, 5.74) is 0. The Hall–Kier alpha value is -1.59. The summed E-state index contributed by atoms with van der Waals surface area (Å²) in [4.78, 5) is 37.6. The van der Waals surface area contributed by atoms with Crippen molar-refractivity contribution in [1.29, 1.82) is 0 Å². The van der Waals surface area contributed by atoms with E-state index in [9.17, 15) is 14.4 Å². The lowest BCUT2D eigenvalue weighted by Gasteiger charge is -2.35. The summed E-state index contributed by atoms with van der Waals surface area (Å²) >= 11 is 0. The Labute approximate surface area is 113 Å². The molecule has 0 aliphatic carbocycles. The van der Waals surface area contributed by atoms with Crippen LogP contribution >= 0.6 is 0 Å². The topological polar surface area (TPSA) is 77.9 Å². The number of aliphatic carboxylic acids is 1. The fourth-order valence-electron chi connectivity index (χ4n) is 2.29. The minimum absolute atomic E-state index is 0.0173. The van der Waals surface area contributed by atoms with Crippen LogP contribution in [0.2, 0.25) is 0 Å². The first-order valence-corrected chi connectivity index (χ1v) is 6.60. The van der Waals surface area contributed by atoms with Crippen LogP contribution in [0.4, 0.5) is 0 Å². The molecule has 1 aliphatic heterocycles. The van der Waals surface area contributed by atoms with Gasteiger partial charge in [0, 0.05) is 39.0 Å². The van der Waals surface area contributed by atoms with Crippen LogP contribution in [0.25, 0.3) is 0 Å². The largest absolute Gasteiger partial charge is 0.481 e. The summed E-state index contributed by atoms with van der Waals surface area (Å²) in [7, 11) is 0. The molecule has 0 radical (unpaired) electrons. The van der Waals surface area contributed by atoms with Gasteiger partial charge < -0.3 is 14.9 Å². The van der Waals surface area contributed by atoms with Crippen molar-refractivity contribution < 1.29 is 19.5 Å². The van der Waals surface area contributed by atoms with Gasteiger partial charge in [0.2, 0.25) is 11.8 Å². The second kappa shape index (κ2) is 6.54. The Morgan fingerprint density at radius 1 is 1.00 bits per heavy atom. The van der Waals surface area contributed by atoms with E-state index in [1.807, 2.05) is 0 Å². The lowest BCUT2D eigenvalue weighted by Crippen LogP contribution is -2.51. The average Bonchev–Trinajstić information content (AvgIpc) is 2.37. The Morgan fingerprint density at radius 3 is 1.89 bits per heavy atom. The number of carbonyl (C=O) groups excluding carboxylic acids is 2. The molecule has 2 unspecified atom stereocenters. The van der Waals surface area contributed by atoms with Gasteiger partial charge in [0.25, 0.3) is 0 Å². The van der Waals surface area contributed by atoms with E-state index in [1.165, 1.54) is 6.92 Å². The third kappa shape index (κ3) is 4.22. The first-order valence-electron chi connectivity index (χ1n) is 6.60. The smallest absolute Gasteiger partial charge is 0.306 e. The molecular weight excluding hydrogens is 248 g/mol. The van der Waals surface area contributed by atoms with Crippen molar-refractivity contribution in [2.24, 2.45) is 11.8 Å². The van der Waals surface area contributed by atoms with E-state index in [0.29, 0.717) is 32.6 Å². The van der Waals surface area contributed by atoms with Gasteiger partial charge in [-0.2, -0.15) is 0 Å². The van der Waals surface area contributed by atoms with E-state index in [0.717, 1.165) is 0 Å². The lowest BCUT2D eigenvalue weighted by atomic mass is 9.96. The van der Waals surface area contributed by atoms with E-state index in [1.54, 1.807) is 23.6 Å². The first-order chi connectivity index (χ1) is 8.82. The highest BCUT2D eigenvalue weighted by atomic mass is 16.4. The number of rotatable bonds is 4. The molecule has 2 atom stereocenters. The van der Waals surface area contributed by atoms with Crippen LogP contribution in [0.3, 0.4) is 0 Å². The SMILES string of the molecule is CC(=O)N1CCN(C(=O)C(C)CC(C)C(=O)O)CC1. The number of amides is 2. The number of piperazine rings is 1. The molecule has 1 rings (SSSR count). The number of carboxylic acids is 1. The highest BCUT2D eigenvalue weighted by Crippen LogP contribution is 2.16. The van der Waals surface area contributed by atoms with E-state index in [-0.39, 0.29) is 17.7 Å². The van der Waals surface area contributed by atoms with Gasteiger partial charge in [-0.3, -0.25) is 14.4 Å². The second-order valence-corrected chi connectivity index (χ2v) is 5.21. The summed E-state index contributed by atoms with van der Waals surface area (Å²) in [6.07, 6.45) is 0.348. The quantitative estimate of drug-likeness (QED) is 0.803. The Balaban J connectivity index is 2.46. The molecule has 0 aromatic carbocycles. The number of hydrogen-bond donors (Lipinski definition) is 1. The molecule has 0 bridgehead atoms. The summed E-state index contributed by atoms with van der Waals surface area (Å²) in [5.74, 6) is -1.68. The number of carboxylic acid groups (broad SMARTS) is 1. The zero-order valence-electron chi connectivity index (χ0n) is 11.8. The molecule has 6 heteroatoms. The predicted octanol–water partition coefficient (Wildman–Crippen LogP) is 0.424. The fourth-order valence-corrected chi connectivity index (χ4v) is 2.29. The van der Waals surface area contributed by atoms with Crippen LogP contribution < -0.4 is 0 Å². The zero-order chi connectivity index (χ0) is 14.6. The minimum atomic E-state index is -0.874. The van der Waals surface area contributed by atoms with Crippen LogP contribution in [-0.4, -0.2) is 58.9 Å². The van der Waals surface area contributed by atoms with E-state index >= 15 is 0 Å². The molecule has 108 valence electrons. The summed E-state index contributed by atoms with van der Waals surface area (Å²) in [6, 6.07) is 0. The molecule has 1 fully saturated rings. The first kappa shape index (κ1) is 15.5. The van der Waals surface area contributed by atoms with E-state index in [4.69, 9.17) is 5.11 Å². The molecule has 0 saturated carbocycles. The summed E-state index contributed by atoms with van der Waals surface area (Å²) in [6.45, 7) is 7.08. The molecule has 0 aromatic heterocycles. The van der Waals surface area contributed by atoms with Crippen LogP contribution in [0.5, 0.6) is 0 Å². The van der Waals surface area contributed by atoms with Gasteiger partial charge in [-0.05, 0) is 6.42 Å². The van der Waals surface area contributed by atoms with Gasteiger partial charge in [0.15, 0.2) is 0 Å². The van der Waals surface area contributed by atoms with Gasteiger partial charge in [-0.15, -0.1) is 0 Å². The maximum atomic E-state index is 12.2. The highest BCUT2D eigenvalue weighted by Gasteiger charge is 2.27. The normalized spacial score (nSPS) is 18.9. The van der Waals surface area contributed by atoms with Gasteiger partial charge in [0.1, 0.15) is 0 Å². The molecular formula is C13H22N2O4. The Kier molecular flexibility index (Phi) is 5.32. The lowest BCUT2D eigenvalue weighted by molar-refractivity contribution is -0.144. The van der Waals surface area contributed by atoms with Gasteiger partial charge in [0.05, 0.1) is 5.92 Å². The maximum absolute atomic E-state index is 12.2. The number of carbonyl (C=O) groups is 3. The Bertz CT molecular complexity index is 362. The van der Waals surface area contributed by atoms with Crippen molar-refractivity contribution >= 4 is 17.8 Å². The van der Waals surface area contributed by atoms with Crippen LogP contribution in [0.15, 0.2) is 0 Å². The average molecular weight is 270 g/mol.